The number of carboxylic acid groups (broad SMARTS) is 1. The second-order valence-corrected chi connectivity index (χ2v) is 4.35. The first kappa shape index (κ1) is 11.9. The van der Waals surface area contributed by atoms with Crippen molar-refractivity contribution >= 4 is 5.97 Å². The third kappa shape index (κ3) is 2.58. The largest absolute Gasteiger partial charge is 0.487 e. The van der Waals surface area contributed by atoms with Crippen LogP contribution in [0.5, 0.6) is 5.75 Å². The lowest BCUT2D eigenvalue weighted by Gasteiger charge is -2.17. The highest BCUT2D eigenvalue weighted by atomic mass is 16.5. The lowest BCUT2D eigenvalue weighted by atomic mass is 10.1. The molecule has 1 heterocycles. The Bertz CT molecular complexity index is 410. The van der Waals surface area contributed by atoms with Crippen LogP contribution in [0.25, 0.3) is 0 Å². The zero-order valence-electron chi connectivity index (χ0n) is 10.0. The summed E-state index contributed by atoms with van der Waals surface area (Å²) in [5.74, 6) is -0.127. The van der Waals surface area contributed by atoms with Gasteiger partial charge in [0.05, 0.1) is 18.8 Å². The Kier molecular flexibility index (Phi) is 3.33. The number of carbonyl (C=O) groups is 1. The molecule has 17 heavy (non-hydrogen) atoms. The van der Waals surface area contributed by atoms with Crippen molar-refractivity contribution < 1.29 is 19.4 Å². The van der Waals surface area contributed by atoms with Crippen LogP contribution in [0, 0.1) is 13.8 Å². The van der Waals surface area contributed by atoms with Gasteiger partial charge in [0.25, 0.3) is 0 Å². The Morgan fingerprint density at radius 3 is 2.53 bits per heavy atom. The van der Waals surface area contributed by atoms with Crippen LogP contribution in [0.1, 0.15) is 27.9 Å². The van der Waals surface area contributed by atoms with E-state index >= 15 is 0 Å². The van der Waals surface area contributed by atoms with Crippen LogP contribution in [-0.4, -0.2) is 30.4 Å². The summed E-state index contributed by atoms with van der Waals surface area (Å²) in [6.45, 7) is 5.07. The highest BCUT2D eigenvalue weighted by Crippen LogP contribution is 2.27. The maximum Gasteiger partial charge on any atom is 0.335 e. The zero-order valence-corrected chi connectivity index (χ0v) is 10.0. The van der Waals surface area contributed by atoms with E-state index in [0.717, 1.165) is 29.9 Å². The molecule has 4 heteroatoms. The molecule has 1 aromatic carbocycles. The molecular formula is C13H16O4. The molecule has 1 aromatic rings. The van der Waals surface area contributed by atoms with Gasteiger partial charge in [-0.1, -0.05) is 0 Å². The molecular weight excluding hydrogens is 220 g/mol. The van der Waals surface area contributed by atoms with E-state index in [4.69, 9.17) is 14.6 Å². The Hall–Kier alpha value is -1.55. The fraction of sp³-hybridized carbons (Fsp3) is 0.462. The van der Waals surface area contributed by atoms with Crippen LogP contribution in [-0.2, 0) is 4.74 Å². The van der Waals surface area contributed by atoms with Gasteiger partial charge in [-0.3, -0.25) is 0 Å². The average molecular weight is 236 g/mol. The van der Waals surface area contributed by atoms with Crippen molar-refractivity contribution in [1.82, 2.24) is 0 Å². The van der Waals surface area contributed by atoms with E-state index in [1.54, 1.807) is 12.1 Å². The van der Waals surface area contributed by atoms with Crippen LogP contribution in [0.15, 0.2) is 12.1 Å². The lowest BCUT2D eigenvalue weighted by molar-refractivity contribution is 0.0696. The molecule has 2 rings (SSSR count). The van der Waals surface area contributed by atoms with Gasteiger partial charge < -0.3 is 14.6 Å². The smallest absolute Gasteiger partial charge is 0.335 e. The van der Waals surface area contributed by atoms with Crippen LogP contribution in [0.2, 0.25) is 0 Å². The number of hydrogen-bond donors (Lipinski definition) is 1. The van der Waals surface area contributed by atoms with Crippen molar-refractivity contribution in [3.05, 3.63) is 28.8 Å². The monoisotopic (exact) mass is 236 g/mol. The molecule has 1 saturated heterocycles. The van der Waals surface area contributed by atoms with Gasteiger partial charge in [0.1, 0.15) is 11.9 Å². The second kappa shape index (κ2) is 4.75. The number of aromatic carboxylic acids is 1. The molecule has 1 atom stereocenters. The van der Waals surface area contributed by atoms with E-state index in [-0.39, 0.29) is 6.10 Å². The van der Waals surface area contributed by atoms with Crippen molar-refractivity contribution in [2.75, 3.05) is 13.2 Å². The number of carboxylic acids is 1. The molecule has 0 aromatic heterocycles. The van der Waals surface area contributed by atoms with Gasteiger partial charge in [-0.15, -0.1) is 0 Å². The zero-order chi connectivity index (χ0) is 12.4. The fourth-order valence-corrected chi connectivity index (χ4v) is 2.03. The average Bonchev–Trinajstić information content (AvgIpc) is 2.75. The molecule has 1 aliphatic heterocycles. The van der Waals surface area contributed by atoms with Gasteiger partial charge in [-0.25, -0.2) is 4.79 Å². The highest BCUT2D eigenvalue weighted by molar-refractivity contribution is 5.88. The minimum absolute atomic E-state index is 0.0862. The van der Waals surface area contributed by atoms with E-state index in [2.05, 4.69) is 0 Å². The predicted molar refractivity (Wildman–Crippen MR) is 62.7 cm³/mol. The Morgan fingerprint density at radius 1 is 1.41 bits per heavy atom. The van der Waals surface area contributed by atoms with E-state index in [0.29, 0.717) is 12.2 Å². The van der Waals surface area contributed by atoms with Crippen molar-refractivity contribution in [3.8, 4) is 5.75 Å². The first-order valence-electron chi connectivity index (χ1n) is 5.67. The van der Waals surface area contributed by atoms with Gasteiger partial charge in [0.15, 0.2) is 0 Å². The summed E-state index contributed by atoms with van der Waals surface area (Å²) in [5.41, 5.74) is 2.01. The summed E-state index contributed by atoms with van der Waals surface area (Å²) in [4.78, 5) is 10.9. The molecule has 0 bridgehead atoms. The van der Waals surface area contributed by atoms with E-state index in [1.807, 2.05) is 13.8 Å². The summed E-state index contributed by atoms with van der Waals surface area (Å²) in [6, 6.07) is 3.28. The van der Waals surface area contributed by atoms with Gasteiger partial charge in [-0.05, 0) is 37.1 Å². The fourth-order valence-electron chi connectivity index (χ4n) is 2.03. The molecule has 1 fully saturated rings. The van der Waals surface area contributed by atoms with Crippen molar-refractivity contribution in [3.63, 3.8) is 0 Å². The topological polar surface area (TPSA) is 55.8 Å². The summed E-state index contributed by atoms with van der Waals surface area (Å²) in [5, 5.41) is 8.95. The van der Waals surface area contributed by atoms with Gasteiger partial charge in [0, 0.05) is 6.42 Å². The minimum Gasteiger partial charge on any atom is -0.487 e. The van der Waals surface area contributed by atoms with Crippen LogP contribution >= 0.6 is 0 Å². The SMILES string of the molecule is Cc1cc(C(=O)O)cc(C)c1OC1CCOC1. The molecule has 1 aliphatic rings. The number of ether oxygens (including phenoxy) is 2. The Labute approximate surface area is 100 Å². The van der Waals surface area contributed by atoms with Crippen molar-refractivity contribution in [2.24, 2.45) is 0 Å². The predicted octanol–water partition coefficient (Wildman–Crippen LogP) is 2.17. The summed E-state index contributed by atoms with van der Waals surface area (Å²) < 4.78 is 11.1. The van der Waals surface area contributed by atoms with Gasteiger partial charge in [0.2, 0.25) is 0 Å². The quantitative estimate of drug-likeness (QED) is 0.873. The normalized spacial score (nSPS) is 19.3. The molecule has 1 N–H and O–H groups in total. The minimum atomic E-state index is -0.910. The van der Waals surface area contributed by atoms with Crippen LogP contribution in [0.4, 0.5) is 0 Å². The Morgan fingerprint density at radius 2 is 2.06 bits per heavy atom. The first-order chi connectivity index (χ1) is 8.08. The molecule has 0 spiro atoms. The van der Waals surface area contributed by atoms with E-state index in [9.17, 15) is 4.79 Å². The third-order valence-electron chi connectivity index (χ3n) is 2.88. The van der Waals surface area contributed by atoms with Crippen molar-refractivity contribution in [1.29, 1.82) is 0 Å². The molecule has 92 valence electrons. The Balaban J connectivity index is 2.24. The molecule has 0 saturated carbocycles. The molecule has 0 aliphatic carbocycles. The first-order valence-corrected chi connectivity index (χ1v) is 5.67. The molecule has 0 radical (unpaired) electrons. The van der Waals surface area contributed by atoms with E-state index < -0.39 is 5.97 Å². The van der Waals surface area contributed by atoms with E-state index in [1.165, 1.54) is 0 Å². The number of aryl methyl sites for hydroxylation is 2. The maximum atomic E-state index is 10.9. The number of benzene rings is 1. The lowest BCUT2D eigenvalue weighted by Crippen LogP contribution is -2.17. The van der Waals surface area contributed by atoms with Crippen LogP contribution in [0.3, 0.4) is 0 Å². The summed E-state index contributed by atoms with van der Waals surface area (Å²) in [7, 11) is 0. The highest BCUT2D eigenvalue weighted by Gasteiger charge is 2.19. The molecule has 4 nitrogen and oxygen atoms in total. The number of rotatable bonds is 3. The van der Waals surface area contributed by atoms with Gasteiger partial charge >= 0.3 is 5.97 Å². The standard InChI is InChI=1S/C13H16O4/c1-8-5-10(13(14)15)6-9(2)12(8)17-11-3-4-16-7-11/h5-6,11H,3-4,7H2,1-2H3,(H,14,15). The molecule has 1 unspecified atom stereocenters. The summed E-state index contributed by atoms with van der Waals surface area (Å²) in [6.07, 6.45) is 0.975. The summed E-state index contributed by atoms with van der Waals surface area (Å²) >= 11 is 0. The maximum absolute atomic E-state index is 10.9. The van der Waals surface area contributed by atoms with Gasteiger partial charge in [-0.2, -0.15) is 0 Å². The number of hydrogen-bond acceptors (Lipinski definition) is 3. The van der Waals surface area contributed by atoms with Crippen molar-refractivity contribution in [2.45, 2.75) is 26.4 Å². The second-order valence-electron chi connectivity index (χ2n) is 4.35. The van der Waals surface area contributed by atoms with Crippen LogP contribution < -0.4 is 4.74 Å². The third-order valence-corrected chi connectivity index (χ3v) is 2.88. The molecule has 0 amide bonds.